The van der Waals surface area contributed by atoms with E-state index in [0.29, 0.717) is 5.82 Å². The Morgan fingerprint density at radius 3 is 2.83 bits per heavy atom. The molecule has 6 heteroatoms. The fraction of sp³-hybridized carbons (Fsp3) is 0.250. The number of rotatable bonds is 4. The molecule has 5 rings (SSSR count). The molecule has 2 aromatic carbocycles. The second-order valence-electron chi connectivity index (χ2n) is 8.50. The first kappa shape index (κ1) is 19.2. The molecule has 1 aliphatic carbocycles. The Balaban J connectivity index is 1.49. The Kier molecular flexibility index (Phi) is 4.56. The normalized spacial score (nSPS) is 15.9. The van der Waals surface area contributed by atoms with Crippen LogP contribution in [0.1, 0.15) is 37.1 Å². The second kappa shape index (κ2) is 7.15. The van der Waals surface area contributed by atoms with Crippen LogP contribution in [0.5, 0.6) is 0 Å². The van der Waals surface area contributed by atoms with Crippen molar-refractivity contribution in [2.24, 2.45) is 0 Å². The summed E-state index contributed by atoms with van der Waals surface area (Å²) in [7, 11) is 0. The lowest BCUT2D eigenvalue weighted by atomic mass is 9.87. The van der Waals surface area contributed by atoms with E-state index in [1.165, 1.54) is 11.1 Å². The molecule has 2 heterocycles. The Morgan fingerprint density at radius 2 is 1.97 bits per heavy atom. The third kappa shape index (κ3) is 3.26. The first-order valence-corrected chi connectivity index (χ1v) is 11.3. The monoisotopic (exact) mass is 416 g/mol. The van der Waals surface area contributed by atoms with Gasteiger partial charge in [-0.1, -0.05) is 26.0 Å². The smallest absolute Gasteiger partial charge is 0.180 e. The third-order valence-electron chi connectivity index (χ3n) is 5.92. The van der Waals surface area contributed by atoms with Gasteiger partial charge in [0.25, 0.3) is 0 Å². The van der Waals surface area contributed by atoms with Gasteiger partial charge in [-0.25, -0.2) is 4.68 Å². The highest BCUT2D eigenvalue weighted by Gasteiger charge is 2.31. The number of hydrogen-bond donors (Lipinski definition) is 1. The van der Waals surface area contributed by atoms with Crippen molar-refractivity contribution in [3.05, 3.63) is 77.6 Å². The SMILES string of the molecule is Cc1cc(N[S+]([O-])c2ccc3c(c2)CCC3(C)C)n(-c2cccc3ncccc23)n1. The van der Waals surface area contributed by atoms with Crippen LogP contribution in [0, 0.1) is 6.92 Å². The number of nitrogens with zero attached hydrogens (tertiary/aromatic N) is 3. The third-order valence-corrected chi connectivity index (χ3v) is 7.00. The van der Waals surface area contributed by atoms with Gasteiger partial charge in [-0.3, -0.25) is 4.98 Å². The first-order chi connectivity index (χ1) is 14.4. The molecule has 1 unspecified atom stereocenters. The molecule has 0 saturated carbocycles. The molecule has 2 aromatic heterocycles. The van der Waals surface area contributed by atoms with Crippen LogP contribution in [-0.4, -0.2) is 19.3 Å². The molecule has 0 saturated heterocycles. The highest BCUT2D eigenvalue weighted by atomic mass is 32.2. The number of anilines is 1. The minimum atomic E-state index is -1.38. The average molecular weight is 417 g/mol. The average Bonchev–Trinajstić information content (AvgIpc) is 3.26. The molecule has 0 amide bonds. The molecule has 0 aliphatic heterocycles. The van der Waals surface area contributed by atoms with Gasteiger partial charge in [0.15, 0.2) is 10.7 Å². The van der Waals surface area contributed by atoms with Crippen LogP contribution >= 0.6 is 0 Å². The van der Waals surface area contributed by atoms with Gasteiger partial charge in [0, 0.05) is 17.6 Å². The molecule has 0 fully saturated rings. The fourth-order valence-corrected chi connectivity index (χ4v) is 5.21. The maximum absolute atomic E-state index is 13.2. The van der Waals surface area contributed by atoms with Crippen molar-refractivity contribution in [3.63, 3.8) is 0 Å². The topological polar surface area (TPSA) is 65.8 Å². The summed E-state index contributed by atoms with van der Waals surface area (Å²) < 4.78 is 18.2. The van der Waals surface area contributed by atoms with Crippen molar-refractivity contribution in [2.75, 3.05) is 4.72 Å². The summed E-state index contributed by atoms with van der Waals surface area (Å²) in [5, 5.41) is 5.64. The molecule has 1 N–H and O–H groups in total. The van der Waals surface area contributed by atoms with Crippen molar-refractivity contribution in [1.29, 1.82) is 0 Å². The van der Waals surface area contributed by atoms with Crippen LogP contribution < -0.4 is 4.72 Å². The van der Waals surface area contributed by atoms with Gasteiger partial charge in [0.2, 0.25) is 0 Å². The predicted octanol–water partition coefficient (Wildman–Crippen LogP) is 5.09. The Bertz CT molecular complexity index is 1240. The van der Waals surface area contributed by atoms with Crippen LogP contribution in [0.25, 0.3) is 16.6 Å². The molecule has 0 spiro atoms. The number of fused-ring (bicyclic) bond motifs is 2. The summed E-state index contributed by atoms with van der Waals surface area (Å²) >= 11 is -1.38. The highest BCUT2D eigenvalue weighted by Crippen LogP contribution is 2.39. The van der Waals surface area contributed by atoms with Gasteiger partial charge in [0.05, 0.1) is 16.9 Å². The standard InChI is InChI=1S/C24H24N4OS/c1-16-14-23(28(26-16)22-8-4-7-21-19(22)6-5-13-25-21)27-30(29)18-9-10-20-17(15-18)11-12-24(20,2)3/h4-10,13-15,27H,11-12H2,1-3H3. The number of nitrogens with one attached hydrogen (secondary N) is 1. The summed E-state index contributed by atoms with van der Waals surface area (Å²) in [6.07, 6.45) is 3.95. The van der Waals surface area contributed by atoms with Crippen LogP contribution in [0.2, 0.25) is 0 Å². The summed E-state index contributed by atoms with van der Waals surface area (Å²) in [6.45, 7) is 6.48. The minimum Gasteiger partial charge on any atom is -0.588 e. The molecule has 0 bridgehead atoms. The lowest BCUT2D eigenvalue weighted by molar-refractivity contribution is 0.522. The van der Waals surface area contributed by atoms with Crippen LogP contribution in [0.4, 0.5) is 5.82 Å². The zero-order chi connectivity index (χ0) is 20.9. The largest absolute Gasteiger partial charge is 0.588 e. The van der Waals surface area contributed by atoms with Gasteiger partial charge in [-0.05, 0) is 72.7 Å². The number of pyridine rings is 1. The molecule has 1 aliphatic rings. The summed E-state index contributed by atoms with van der Waals surface area (Å²) in [4.78, 5) is 5.22. The predicted molar refractivity (Wildman–Crippen MR) is 121 cm³/mol. The molecule has 0 radical (unpaired) electrons. The fourth-order valence-electron chi connectivity index (χ4n) is 4.32. The second-order valence-corrected chi connectivity index (χ2v) is 9.72. The number of benzene rings is 2. The summed E-state index contributed by atoms with van der Waals surface area (Å²) in [5.74, 6) is 0.697. The van der Waals surface area contributed by atoms with Gasteiger partial charge < -0.3 is 4.55 Å². The number of aryl methyl sites for hydroxylation is 2. The van der Waals surface area contributed by atoms with Gasteiger partial charge in [-0.15, -0.1) is 0 Å². The number of hydrogen-bond acceptors (Lipinski definition) is 4. The first-order valence-electron chi connectivity index (χ1n) is 10.1. The summed E-state index contributed by atoms with van der Waals surface area (Å²) in [6, 6.07) is 18.0. The lowest BCUT2D eigenvalue weighted by Gasteiger charge is -2.19. The van der Waals surface area contributed by atoms with E-state index in [0.717, 1.165) is 40.0 Å². The highest BCUT2D eigenvalue weighted by molar-refractivity contribution is 7.92. The molecule has 30 heavy (non-hydrogen) atoms. The number of aromatic nitrogens is 3. The van der Waals surface area contributed by atoms with Crippen molar-refractivity contribution in [3.8, 4) is 5.69 Å². The van der Waals surface area contributed by atoms with Crippen LogP contribution in [-0.2, 0) is 23.2 Å². The van der Waals surface area contributed by atoms with E-state index in [9.17, 15) is 4.55 Å². The van der Waals surface area contributed by atoms with E-state index in [1.807, 2.05) is 54.1 Å². The van der Waals surface area contributed by atoms with Crippen LogP contribution in [0.3, 0.4) is 0 Å². The van der Waals surface area contributed by atoms with Gasteiger partial charge in [-0.2, -0.15) is 9.82 Å². The van der Waals surface area contributed by atoms with E-state index in [1.54, 1.807) is 6.20 Å². The van der Waals surface area contributed by atoms with E-state index < -0.39 is 11.4 Å². The van der Waals surface area contributed by atoms with E-state index in [2.05, 4.69) is 40.8 Å². The molecule has 152 valence electrons. The molecular formula is C24H24N4OS. The Hall–Kier alpha value is -2.83. The van der Waals surface area contributed by atoms with Crippen molar-refractivity contribution >= 4 is 28.1 Å². The molecule has 1 atom stereocenters. The van der Waals surface area contributed by atoms with E-state index in [-0.39, 0.29) is 5.41 Å². The maximum atomic E-state index is 13.2. The van der Waals surface area contributed by atoms with Crippen LogP contribution in [0.15, 0.2) is 65.7 Å². The van der Waals surface area contributed by atoms with E-state index in [4.69, 9.17) is 0 Å². The summed E-state index contributed by atoms with van der Waals surface area (Å²) in [5.41, 5.74) is 5.53. The van der Waals surface area contributed by atoms with Crippen molar-refractivity contribution in [2.45, 2.75) is 43.9 Å². The zero-order valence-electron chi connectivity index (χ0n) is 17.3. The van der Waals surface area contributed by atoms with Crippen molar-refractivity contribution < 1.29 is 4.55 Å². The molecule has 4 aromatic rings. The minimum absolute atomic E-state index is 0.195. The Labute approximate surface area is 179 Å². The van der Waals surface area contributed by atoms with Crippen molar-refractivity contribution in [1.82, 2.24) is 14.8 Å². The maximum Gasteiger partial charge on any atom is 0.180 e. The zero-order valence-corrected chi connectivity index (χ0v) is 18.2. The molecule has 5 nitrogen and oxygen atoms in total. The molecular weight excluding hydrogens is 392 g/mol. The van der Waals surface area contributed by atoms with E-state index >= 15 is 0 Å². The quantitative estimate of drug-likeness (QED) is 0.471. The van der Waals surface area contributed by atoms with Gasteiger partial charge >= 0.3 is 0 Å². The Morgan fingerprint density at radius 1 is 1.10 bits per heavy atom. The van der Waals surface area contributed by atoms with Gasteiger partial charge in [0.1, 0.15) is 11.4 Å². The lowest BCUT2D eigenvalue weighted by Crippen LogP contribution is -2.17.